The van der Waals surface area contributed by atoms with Gasteiger partial charge in [0, 0.05) is 29.1 Å². The summed E-state index contributed by atoms with van der Waals surface area (Å²) in [5.74, 6) is -0.0574. The summed E-state index contributed by atoms with van der Waals surface area (Å²) in [5, 5.41) is 0.977. The van der Waals surface area contributed by atoms with Crippen LogP contribution in [0.2, 0.25) is 0 Å². The number of hydrogen-bond acceptors (Lipinski definition) is 1. The van der Waals surface area contributed by atoms with Gasteiger partial charge in [0.05, 0.1) is 5.69 Å². The van der Waals surface area contributed by atoms with E-state index in [2.05, 4.69) is 48.5 Å². The molecule has 1 heterocycles. The van der Waals surface area contributed by atoms with Crippen molar-refractivity contribution in [3.05, 3.63) is 97.1 Å². The first-order chi connectivity index (χ1) is 12.7. The maximum atomic E-state index is 12.5. The lowest BCUT2D eigenvalue weighted by Crippen LogP contribution is -1.95. The molecule has 4 aromatic rings. The Labute approximate surface area is 153 Å². The second-order valence-electron chi connectivity index (χ2n) is 6.28. The molecule has 0 saturated carbocycles. The lowest BCUT2D eigenvalue weighted by atomic mass is 9.94. The van der Waals surface area contributed by atoms with Crippen LogP contribution in [-0.2, 0) is 7.05 Å². The molecule has 126 valence electrons. The number of hydrogen-bond donors (Lipinski definition) is 0. The molecule has 2 heteroatoms. The lowest BCUT2D eigenvalue weighted by Gasteiger charge is -2.09. The molecule has 2 nitrogen and oxygen atoms in total. The summed E-state index contributed by atoms with van der Waals surface area (Å²) < 4.78 is 2.17. The molecular formula is C24H19NO. The molecule has 4 rings (SSSR count). The van der Waals surface area contributed by atoms with E-state index in [-0.39, 0.29) is 5.78 Å². The van der Waals surface area contributed by atoms with E-state index in [0.29, 0.717) is 5.56 Å². The number of ketones is 1. The smallest absolute Gasteiger partial charge is 0.185 e. The number of rotatable bonds is 4. The molecule has 1 aromatic heterocycles. The molecule has 0 saturated heterocycles. The summed E-state index contributed by atoms with van der Waals surface area (Å²) in [4.78, 5) is 12.5. The number of allylic oxidation sites excluding steroid dienone is 1. The molecule has 0 amide bonds. The van der Waals surface area contributed by atoms with E-state index >= 15 is 0 Å². The molecule has 0 atom stereocenters. The molecule has 3 aromatic carbocycles. The predicted molar refractivity (Wildman–Crippen MR) is 108 cm³/mol. The fourth-order valence-corrected chi connectivity index (χ4v) is 3.62. The van der Waals surface area contributed by atoms with Gasteiger partial charge in [-0.1, -0.05) is 79.4 Å². The Hall–Kier alpha value is -3.39. The van der Waals surface area contributed by atoms with Gasteiger partial charge in [0.25, 0.3) is 0 Å². The Balaban J connectivity index is 2.20. The standard InChI is InChI=1S/C24H19NO/c1-3-21(26)19-15-10-16-20-23(19)22(17-11-6-4-7-12-17)24(25(20)2)18-13-8-5-9-14-18/h3-16H,1H2,2H3. The molecule has 0 aliphatic carbocycles. The van der Waals surface area contributed by atoms with Crippen molar-refractivity contribution >= 4 is 16.7 Å². The van der Waals surface area contributed by atoms with Crippen LogP contribution in [0.5, 0.6) is 0 Å². The van der Waals surface area contributed by atoms with E-state index in [4.69, 9.17) is 0 Å². The SMILES string of the molecule is C=CC(=O)c1cccc2c1c(-c1ccccc1)c(-c1ccccc1)n2C. The van der Waals surface area contributed by atoms with Gasteiger partial charge >= 0.3 is 0 Å². The number of carbonyl (C=O) groups is 1. The number of aryl methyl sites for hydroxylation is 1. The van der Waals surface area contributed by atoms with Crippen LogP contribution in [0.1, 0.15) is 10.4 Å². The van der Waals surface area contributed by atoms with Gasteiger partial charge < -0.3 is 4.57 Å². The summed E-state index contributed by atoms with van der Waals surface area (Å²) in [7, 11) is 2.05. The zero-order chi connectivity index (χ0) is 18.1. The predicted octanol–water partition coefficient (Wildman–Crippen LogP) is 5.88. The van der Waals surface area contributed by atoms with E-state index < -0.39 is 0 Å². The third kappa shape index (κ3) is 2.47. The number of fused-ring (bicyclic) bond motifs is 1. The summed E-state index contributed by atoms with van der Waals surface area (Å²) in [6.45, 7) is 3.68. The molecule has 0 unspecified atom stereocenters. The fraction of sp³-hybridized carbons (Fsp3) is 0.0417. The highest BCUT2D eigenvalue weighted by Gasteiger charge is 2.21. The first kappa shape index (κ1) is 16.1. The van der Waals surface area contributed by atoms with E-state index in [0.717, 1.165) is 33.3 Å². The maximum Gasteiger partial charge on any atom is 0.185 e. The molecule has 0 bridgehead atoms. The fourth-order valence-electron chi connectivity index (χ4n) is 3.62. The highest BCUT2D eigenvalue weighted by Crippen LogP contribution is 2.41. The van der Waals surface area contributed by atoms with Gasteiger partial charge in [-0.3, -0.25) is 4.79 Å². The van der Waals surface area contributed by atoms with Crippen molar-refractivity contribution in [2.24, 2.45) is 7.05 Å². The van der Waals surface area contributed by atoms with Crippen LogP contribution in [0.25, 0.3) is 33.3 Å². The Kier molecular flexibility index (Phi) is 4.02. The van der Waals surface area contributed by atoms with Crippen molar-refractivity contribution in [2.45, 2.75) is 0 Å². The van der Waals surface area contributed by atoms with Crippen LogP contribution in [0, 0.1) is 0 Å². The zero-order valence-electron chi connectivity index (χ0n) is 14.6. The van der Waals surface area contributed by atoms with Gasteiger partial charge in [-0.2, -0.15) is 0 Å². The van der Waals surface area contributed by atoms with Crippen LogP contribution in [0.15, 0.2) is 91.5 Å². The Morgan fingerprint density at radius 1 is 0.846 bits per heavy atom. The third-order valence-corrected chi connectivity index (χ3v) is 4.79. The van der Waals surface area contributed by atoms with E-state index in [1.807, 2.05) is 48.5 Å². The second kappa shape index (κ2) is 6.49. The highest BCUT2D eigenvalue weighted by molar-refractivity contribution is 6.19. The summed E-state index contributed by atoms with van der Waals surface area (Å²) in [6, 6.07) is 26.4. The average molecular weight is 337 g/mol. The first-order valence-electron chi connectivity index (χ1n) is 8.61. The van der Waals surface area contributed by atoms with Crippen molar-refractivity contribution in [3.8, 4) is 22.4 Å². The number of benzene rings is 3. The second-order valence-corrected chi connectivity index (χ2v) is 6.28. The molecular weight excluding hydrogens is 318 g/mol. The summed E-state index contributed by atoms with van der Waals surface area (Å²) >= 11 is 0. The number of aromatic nitrogens is 1. The quantitative estimate of drug-likeness (QED) is 0.336. The molecule has 0 radical (unpaired) electrons. The topological polar surface area (TPSA) is 22.0 Å². The molecule has 0 N–H and O–H groups in total. The van der Waals surface area contributed by atoms with Crippen molar-refractivity contribution in [1.82, 2.24) is 4.57 Å². The summed E-state index contributed by atoms with van der Waals surface area (Å²) in [6.07, 6.45) is 1.39. The highest BCUT2D eigenvalue weighted by atomic mass is 16.1. The van der Waals surface area contributed by atoms with Gasteiger partial charge in [0.15, 0.2) is 5.78 Å². The first-order valence-corrected chi connectivity index (χ1v) is 8.61. The van der Waals surface area contributed by atoms with Crippen LogP contribution in [0.3, 0.4) is 0 Å². The van der Waals surface area contributed by atoms with Gasteiger partial charge in [0.1, 0.15) is 0 Å². The van der Waals surface area contributed by atoms with Crippen molar-refractivity contribution in [3.63, 3.8) is 0 Å². The van der Waals surface area contributed by atoms with Crippen molar-refractivity contribution in [1.29, 1.82) is 0 Å². The lowest BCUT2D eigenvalue weighted by molar-refractivity contribution is 0.104. The minimum Gasteiger partial charge on any atom is -0.343 e. The average Bonchev–Trinajstić information content (AvgIpc) is 3.01. The Bertz CT molecular complexity index is 1110. The molecule has 0 spiro atoms. The van der Waals surface area contributed by atoms with Crippen molar-refractivity contribution < 1.29 is 4.79 Å². The zero-order valence-corrected chi connectivity index (χ0v) is 14.6. The van der Waals surface area contributed by atoms with Gasteiger partial charge in [-0.25, -0.2) is 0 Å². The normalized spacial score (nSPS) is 10.8. The molecule has 0 aliphatic heterocycles. The van der Waals surface area contributed by atoms with Gasteiger partial charge in [0.2, 0.25) is 0 Å². The van der Waals surface area contributed by atoms with Crippen molar-refractivity contribution in [2.75, 3.05) is 0 Å². The van der Waals surface area contributed by atoms with Crippen LogP contribution < -0.4 is 0 Å². The maximum absolute atomic E-state index is 12.5. The largest absolute Gasteiger partial charge is 0.343 e. The Morgan fingerprint density at radius 2 is 1.46 bits per heavy atom. The number of nitrogens with zero attached hydrogens (tertiary/aromatic N) is 1. The third-order valence-electron chi connectivity index (χ3n) is 4.79. The molecule has 26 heavy (non-hydrogen) atoms. The summed E-state index contributed by atoms with van der Waals surface area (Å²) in [5.41, 5.74) is 6.14. The minimum atomic E-state index is -0.0574. The van der Waals surface area contributed by atoms with E-state index in [9.17, 15) is 4.79 Å². The van der Waals surface area contributed by atoms with Gasteiger partial charge in [-0.05, 0) is 23.3 Å². The van der Waals surface area contributed by atoms with Crippen LogP contribution >= 0.6 is 0 Å². The van der Waals surface area contributed by atoms with Gasteiger partial charge in [-0.15, -0.1) is 0 Å². The minimum absolute atomic E-state index is 0.0574. The monoisotopic (exact) mass is 337 g/mol. The van der Waals surface area contributed by atoms with Crippen LogP contribution in [0.4, 0.5) is 0 Å². The molecule has 0 aliphatic rings. The number of carbonyl (C=O) groups excluding carboxylic acids is 1. The van der Waals surface area contributed by atoms with E-state index in [1.165, 1.54) is 6.08 Å². The van der Waals surface area contributed by atoms with Crippen LogP contribution in [-0.4, -0.2) is 10.4 Å². The van der Waals surface area contributed by atoms with E-state index in [1.54, 1.807) is 0 Å². The molecule has 0 fully saturated rings. The Morgan fingerprint density at radius 3 is 2.08 bits per heavy atom.